The van der Waals surface area contributed by atoms with Gasteiger partial charge in [-0.25, -0.2) is 12.8 Å². The van der Waals surface area contributed by atoms with Crippen LogP contribution < -0.4 is 11.1 Å². The summed E-state index contributed by atoms with van der Waals surface area (Å²) in [5, 5.41) is 3.13. The van der Waals surface area contributed by atoms with Crippen LogP contribution in [0.3, 0.4) is 0 Å². The molecule has 1 fully saturated rings. The first-order chi connectivity index (χ1) is 15.8. The lowest BCUT2D eigenvalue weighted by atomic mass is 10.2. The van der Waals surface area contributed by atoms with E-state index in [9.17, 15) is 12.8 Å². The molecule has 1 aliphatic heterocycles. The molecule has 2 aromatic carbocycles. The largest absolute Gasteiger partial charge is 0.368 e. The summed E-state index contributed by atoms with van der Waals surface area (Å²) >= 11 is 0. The molecule has 0 spiro atoms. The second-order valence-electron chi connectivity index (χ2n) is 7.79. The lowest BCUT2D eigenvalue weighted by Crippen LogP contribution is -2.36. The molecule has 174 valence electrons. The van der Waals surface area contributed by atoms with Gasteiger partial charge in [-0.1, -0.05) is 18.2 Å². The summed E-state index contributed by atoms with van der Waals surface area (Å²) in [5.41, 5.74) is 6.76. The molecule has 0 amide bonds. The third kappa shape index (κ3) is 5.44. The van der Waals surface area contributed by atoms with Gasteiger partial charge in [0, 0.05) is 31.9 Å². The van der Waals surface area contributed by atoms with Crippen LogP contribution in [0.2, 0.25) is 0 Å². The number of sulfonamides is 1. The summed E-state index contributed by atoms with van der Waals surface area (Å²) in [5.74, 6) is 0.504. The fourth-order valence-electron chi connectivity index (χ4n) is 3.76. The van der Waals surface area contributed by atoms with Gasteiger partial charge in [0.1, 0.15) is 5.82 Å². The normalized spacial score (nSPS) is 16.8. The van der Waals surface area contributed by atoms with Gasteiger partial charge in [-0.15, -0.1) is 0 Å². The van der Waals surface area contributed by atoms with Gasteiger partial charge in [-0.2, -0.15) is 19.3 Å². The lowest BCUT2D eigenvalue weighted by molar-refractivity contribution is 0.214. The maximum Gasteiger partial charge on any atom is 0.243 e. The van der Waals surface area contributed by atoms with E-state index >= 15 is 0 Å². The molecule has 1 aliphatic rings. The summed E-state index contributed by atoms with van der Waals surface area (Å²) in [6, 6.07) is 14.2. The fraction of sp³-hybridized carbons (Fsp3) is 0.318. The second kappa shape index (κ2) is 9.77. The van der Waals surface area contributed by atoms with Crippen LogP contribution in [0, 0.1) is 5.82 Å². The molecule has 1 atom stereocenters. The van der Waals surface area contributed by atoms with E-state index < -0.39 is 15.8 Å². The molecule has 0 unspecified atom stereocenters. The third-order valence-electron chi connectivity index (χ3n) is 5.56. The molecule has 0 radical (unpaired) electrons. The molecule has 33 heavy (non-hydrogen) atoms. The van der Waals surface area contributed by atoms with Crippen molar-refractivity contribution in [1.82, 2.24) is 24.2 Å². The van der Waals surface area contributed by atoms with Gasteiger partial charge < -0.3 is 11.1 Å². The predicted molar refractivity (Wildman–Crippen MR) is 124 cm³/mol. The fourth-order valence-corrected chi connectivity index (χ4v) is 5.23. The van der Waals surface area contributed by atoms with Crippen molar-refractivity contribution in [2.45, 2.75) is 24.3 Å². The average molecular weight is 472 g/mol. The van der Waals surface area contributed by atoms with Gasteiger partial charge in [0.15, 0.2) is 5.82 Å². The molecule has 4 rings (SSSR count). The van der Waals surface area contributed by atoms with Crippen molar-refractivity contribution in [2.75, 3.05) is 37.2 Å². The Kier molecular flexibility index (Phi) is 6.82. The summed E-state index contributed by atoms with van der Waals surface area (Å²) in [4.78, 5) is 15.2. The average Bonchev–Trinajstić information content (AvgIpc) is 3.06. The van der Waals surface area contributed by atoms with Crippen molar-refractivity contribution in [2.24, 2.45) is 0 Å². The molecule has 3 aromatic rings. The molecule has 1 saturated heterocycles. The van der Waals surface area contributed by atoms with Crippen molar-refractivity contribution in [3.8, 4) is 0 Å². The zero-order chi connectivity index (χ0) is 23.4. The van der Waals surface area contributed by atoms with E-state index in [1.54, 1.807) is 0 Å². The molecule has 1 aromatic heterocycles. The van der Waals surface area contributed by atoms with Crippen molar-refractivity contribution in [3.05, 3.63) is 66.2 Å². The highest BCUT2D eigenvalue weighted by molar-refractivity contribution is 7.89. The number of nitrogens with zero attached hydrogens (tertiary/aromatic N) is 5. The minimum Gasteiger partial charge on any atom is -0.368 e. The van der Waals surface area contributed by atoms with E-state index in [2.05, 4.69) is 25.2 Å². The van der Waals surface area contributed by atoms with Crippen LogP contribution in [0.1, 0.15) is 25.2 Å². The van der Waals surface area contributed by atoms with Crippen molar-refractivity contribution in [3.63, 3.8) is 0 Å². The Morgan fingerprint density at radius 3 is 2.42 bits per heavy atom. The van der Waals surface area contributed by atoms with Crippen molar-refractivity contribution >= 4 is 27.6 Å². The van der Waals surface area contributed by atoms with Crippen molar-refractivity contribution < 1.29 is 12.8 Å². The number of rotatable bonds is 6. The number of hydrogen-bond acceptors (Lipinski definition) is 8. The van der Waals surface area contributed by atoms with Crippen LogP contribution in [0.15, 0.2) is 59.5 Å². The number of aromatic nitrogens is 3. The molecule has 3 N–H and O–H groups in total. The maximum atomic E-state index is 13.2. The number of hydrogen-bond donors (Lipinski definition) is 2. The van der Waals surface area contributed by atoms with Gasteiger partial charge >= 0.3 is 0 Å². The Labute approximate surface area is 192 Å². The third-order valence-corrected chi connectivity index (χ3v) is 7.48. The molecular weight excluding hydrogens is 445 g/mol. The van der Waals surface area contributed by atoms with Gasteiger partial charge in [0.25, 0.3) is 0 Å². The second-order valence-corrected chi connectivity index (χ2v) is 9.73. The monoisotopic (exact) mass is 471 g/mol. The maximum absolute atomic E-state index is 13.2. The number of nitrogens with two attached hydrogens (primary N) is 1. The van der Waals surface area contributed by atoms with Gasteiger partial charge in [0.05, 0.1) is 10.9 Å². The summed E-state index contributed by atoms with van der Waals surface area (Å²) in [6.07, 6.45) is 0.639. The first-order valence-corrected chi connectivity index (χ1v) is 12.1. The molecule has 9 nitrogen and oxygen atoms in total. The van der Waals surface area contributed by atoms with E-state index in [0.717, 1.165) is 17.8 Å². The van der Waals surface area contributed by atoms with Crippen LogP contribution in [0.25, 0.3) is 0 Å². The van der Waals surface area contributed by atoms with Gasteiger partial charge in [0.2, 0.25) is 21.9 Å². The molecule has 11 heteroatoms. The van der Waals surface area contributed by atoms with Crippen LogP contribution in [-0.2, 0) is 10.0 Å². The summed E-state index contributed by atoms with van der Waals surface area (Å²) < 4.78 is 40.6. The van der Waals surface area contributed by atoms with E-state index in [0.29, 0.717) is 44.4 Å². The first-order valence-electron chi connectivity index (χ1n) is 10.7. The number of nitrogens with one attached hydrogen (secondary N) is 1. The van der Waals surface area contributed by atoms with Crippen LogP contribution in [0.4, 0.5) is 22.0 Å². The zero-order valence-electron chi connectivity index (χ0n) is 18.2. The SMILES string of the molecule is C[C@@H](c1nc(N)nc(Nc2ccccc2)n1)N1CCCN(S(=O)(=O)c2ccc(F)cc2)CC1. The molecule has 0 aliphatic carbocycles. The predicted octanol–water partition coefficient (Wildman–Crippen LogP) is 2.79. The highest BCUT2D eigenvalue weighted by atomic mass is 32.2. The number of benzene rings is 2. The van der Waals surface area contributed by atoms with E-state index in [1.807, 2.05) is 37.3 Å². The topological polar surface area (TPSA) is 117 Å². The molecule has 0 bridgehead atoms. The Morgan fingerprint density at radius 2 is 1.70 bits per heavy atom. The van der Waals surface area contributed by atoms with E-state index in [4.69, 9.17) is 5.73 Å². The van der Waals surface area contributed by atoms with Crippen LogP contribution >= 0.6 is 0 Å². The van der Waals surface area contributed by atoms with Crippen LogP contribution in [0.5, 0.6) is 0 Å². The Balaban J connectivity index is 1.47. The quantitative estimate of drug-likeness (QED) is 0.564. The highest BCUT2D eigenvalue weighted by Gasteiger charge is 2.29. The standard InChI is InChI=1S/C22H26FN7O2S/c1-16(20-26-21(24)28-22(27-20)25-18-6-3-2-4-7-18)29-12-5-13-30(15-14-29)33(31,32)19-10-8-17(23)9-11-19/h2-4,6-11,16H,5,12-15H2,1H3,(H3,24,25,26,27,28)/t16-/m0/s1. The van der Waals surface area contributed by atoms with Gasteiger partial charge in [-0.05, 0) is 49.7 Å². The summed E-state index contributed by atoms with van der Waals surface area (Å²) in [6.45, 7) is 3.81. The van der Waals surface area contributed by atoms with Crippen molar-refractivity contribution in [1.29, 1.82) is 0 Å². The number of nitrogen functional groups attached to an aromatic ring is 1. The number of anilines is 3. The number of halogens is 1. The Hall–Kier alpha value is -3.15. The smallest absolute Gasteiger partial charge is 0.243 e. The zero-order valence-corrected chi connectivity index (χ0v) is 19.0. The molecular formula is C22H26FN7O2S. The van der Waals surface area contributed by atoms with E-state index in [1.165, 1.54) is 16.4 Å². The molecule has 2 heterocycles. The summed E-state index contributed by atoms with van der Waals surface area (Å²) in [7, 11) is -3.70. The molecule has 0 saturated carbocycles. The first kappa shape index (κ1) is 23.0. The van der Waals surface area contributed by atoms with E-state index in [-0.39, 0.29) is 16.9 Å². The van der Waals surface area contributed by atoms with Gasteiger partial charge in [-0.3, -0.25) is 4.90 Å². The Bertz CT molecular complexity index is 1190. The minimum absolute atomic E-state index is 0.0901. The van der Waals surface area contributed by atoms with Crippen LogP contribution in [-0.4, -0.2) is 58.8 Å². The minimum atomic E-state index is -3.70. The Morgan fingerprint density at radius 1 is 0.970 bits per heavy atom. The highest BCUT2D eigenvalue weighted by Crippen LogP contribution is 2.24. The number of para-hydroxylation sites is 1. The lowest BCUT2D eigenvalue weighted by Gasteiger charge is -2.27.